The molecule has 3 heterocycles. The van der Waals surface area contributed by atoms with E-state index >= 15 is 0 Å². The number of hydrogen-bond donors (Lipinski definition) is 4. The second kappa shape index (κ2) is 17.2. The van der Waals surface area contributed by atoms with Crippen LogP contribution in [0.4, 0.5) is 9.59 Å². The molecule has 4 amide bonds. The molecule has 15 heteroatoms. The van der Waals surface area contributed by atoms with E-state index in [2.05, 4.69) is 42.7 Å². The molecule has 51 heavy (non-hydrogen) atoms. The Morgan fingerprint density at radius 1 is 0.745 bits per heavy atom. The Morgan fingerprint density at radius 3 is 1.71 bits per heavy atom. The van der Waals surface area contributed by atoms with Crippen LogP contribution in [0.1, 0.15) is 113 Å². The molecular formula is C36H54N8O6S. The monoisotopic (exact) mass is 726 g/mol. The lowest BCUT2D eigenvalue weighted by Crippen LogP contribution is -2.50. The van der Waals surface area contributed by atoms with Crippen LogP contribution in [0.25, 0.3) is 10.6 Å². The van der Waals surface area contributed by atoms with Crippen LogP contribution in [0, 0.1) is 11.8 Å². The van der Waals surface area contributed by atoms with Crippen molar-refractivity contribution in [2.24, 2.45) is 11.8 Å². The maximum absolute atomic E-state index is 13.3. The number of thiophene rings is 1. The SMILES string of the molecule is COC(=O)N[C@H](C(=O)N(C)[C@H](C)c1ncc(-c2ccc(C3CCC(c4cnc([C@@H](C)N(C)C(=O)[C@@H](NC(=O)OC)C(C)C)[nH]4)CC3)s2)[nH]1)C(C)C. The Bertz CT molecular complexity index is 1640. The largest absolute Gasteiger partial charge is 0.453 e. The van der Waals surface area contributed by atoms with E-state index in [0.29, 0.717) is 23.5 Å². The van der Waals surface area contributed by atoms with Gasteiger partial charge in [0.25, 0.3) is 0 Å². The molecule has 0 aliphatic heterocycles. The summed E-state index contributed by atoms with van der Waals surface area (Å²) in [6, 6.07) is 2.27. The van der Waals surface area contributed by atoms with Crippen molar-refractivity contribution in [3.63, 3.8) is 0 Å². The van der Waals surface area contributed by atoms with Gasteiger partial charge >= 0.3 is 12.2 Å². The smallest absolute Gasteiger partial charge is 0.407 e. The van der Waals surface area contributed by atoms with Gasteiger partial charge in [-0.05, 0) is 69.4 Å². The highest BCUT2D eigenvalue weighted by Crippen LogP contribution is 2.43. The summed E-state index contributed by atoms with van der Waals surface area (Å²) in [6.45, 7) is 11.3. The summed E-state index contributed by atoms with van der Waals surface area (Å²) in [5.74, 6) is 1.54. The number of H-pyrrole nitrogens is 2. The van der Waals surface area contributed by atoms with Crippen molar-refractivity contribution in [3.8, 4) is 10.6 Å². The fourth-order valence-electron chi connectivity index (χ4n) is 6.44. The summed E-state index contributed by atoms with van der Waals surface area (Å²) in [7, 11) is 5.99. The lowest BCUT2D eigenvalue weighted by Gasteiger charge is -2.30. The lowest BCUT2D eigenvalue weighted by molar-refractivity contribution is -0.135. The number of hydrogen-bond acceptors (Lipinski definition) is 9. The number of rotatable bonds is 13. The number of carbonyl (C=O) groups is 4. The predicted molar refractivity (Wildman–Crippen MR) is 195 cm³/mol. The minimum absolute atomic E-state index is 0.111. The number of nitrogens with zero attached hydrogens (tertiary/aromatic N) is 4. The maximum atomic E-state index is 13.3. The predicted octanol–water partition coefficient (Wildman–Crippen LogP) is 6.10. The van der Waals surface area contributed by atoms with Gasteiger partial charge in [-0.25, -0.2) is 19.6 Å². The summed E-state index contributed by atoms with van der Waals surface area (Å²) in [5.41, 5.74) is 1.98. The molecule has 0 radical (unpaired) electrons. The first-order valence-electron chi connectivity index (χ1n) is 17.6. The average Bonchev–Trinajstić information content (AvgIpc) is 3.92. The van der Waals surface area contributed by atoms with Crippen LogP contribution in [0.3, 0.4) is 0 Å². The van der Waals surface area contributed by atoms with Gasteiger partial charge in [0, 0.05) is 36.8 Å². The normalized spacial score (nSPS) is 18.4. The Hall–Kier alpha value is -4.40. The third-order valence-electron chi connectivity index (χ3n) is 10.1. The molecule has 1 aliphatic carbocycles. The molecule has 3 aromatic rings. The number of likely N-dealkylation sites (N-methyl/N-ethyl adjacent to an activating group) is 2. The van der Waals surface area contributed by atoms with Crippen LogP contribution in [-0.4, -0.2) is 94.1 Å². The van der Waals surface area contributed by atoms with E-state index in [1.807, 2.05) is 53.9 Å². The Labute approximate surface area is 304 Å². The van der Waals surface area contributed by atoms with Crippen LogP contribution in [0.15, 0.2) is 24.5 Å². The molecule has 0 unspecified atom stereocenters. The van der Waals surface area contributed by atoms with Crippen molar-refractivity contribution >= 4 is 35.3 Å². The summed E-state index contributed by atoms with van der Waals surface area (Å²) in [4.78, 5) is 72.0. The number of aromatic amines is 2. The van der Waals surface area contributed by atoms with Crippen LogP contribution in [0.5, 0.6) is 0 Å². The Morgan fingerprint density at radius 2 is 1.22 bits per heavy atom. The zero-order valence-corrected chi connectivity index (χ0v) is 32.2. The highest BCUT2D eigenvalue weighted by atomic mass is 32.1. The number of ether oxygens (including phenoxy) is 2. The van der Waals surface area contributed by atoms with Crippen LogP contribution in [-0.2, 0) is 19.1 Å². The van der Waals surface area contributed by atoms with Crippen LogP contribution >= 0.6 is 11.3 Å². The number of aromatic nitrogens is 4. The molecule has 1 fully saturated rings. The third-order valence-corrected chi connectivity index (χ3v) is 11.4. The van der Waals surface area contributed by atoms with Gasteiger partial charge in [0.05, 0.1) is 43.1 Å². The summed E-state index contributed by atoms with van der Waals surface area (Å²) < 4.78 is 9.42. The first-order chi connectivity index (χ1) is 24.2. The number of methoxy groups -OCH3 is 2. The zero-order valence-electron chi connectivity index (χ0n) is 31.4. The van der Waals surface area contributed by atoms with E-state index in [-0.39, 0.29) is 35.7 Å². The molecule has 3 aromatic heterocycles. The fourth-order valence-corrected chi connectivity index (χ4v) is 7.58. The summed E-state index contributed by atoms with van der Waals surface area (Å²) in [5, 5.41) is 5.29. The van der Waals surface area contributed by atoms with E-state index in [0.717, 1.165) is 41.9 Å². The highest BCUT2D eigenvalue weighted by Gasteiger charge is 2.33. The standard InChI is InChI=1S/C36H54N8O6S/c1-19(2)29(41-35(47)49-9)33(45)43(7)21(5)31-37-17-25(39-31)23-11-13-24(14-12-23)27-15-16-28(51-27)26-18-38-32(40-26)22(6)44(8)34(46)30(20(3)4)42-36(48)50-10/h15-24,29-30H,11-14H2,1-10H3,(H,37,39)(H,38,40)(H,41,47)(H,42,48)/t21-,22-,23?,24?,29+,30+/m1/s1. The summed E-state index contributed by atoms with van der Waals surface area (Å²) >= 11 is 1.77. The number of amides is 4. The average molecular weight is 727 g/mol. The van der Waals surface area contributed by atoms with Crippen molar-refractivity contribution < 1.29 is 28.7 Å². The third kappa shape index (κ3) is 9.29. The van der Waals surface area contributed by atoms with Gasteiger partial charge in [-0.1, -0.05) is 27.7 Å². The quantitative estimate of drug-likeness (QED) is 0.163. The Kier molecular flexibility index (Phi) is 13.3. The van der Waals surface area contributed by atoms with E-state index in [1.165, 1.54) is 19.1 Å². The molecule has 0 bridgehead atoms. The van der Waals surface area contributed by atoms with Gasteiger partial charge < -0.3 is 39.9 Å². The van der Waals surface area contributed by atoms with Gasteiger partial charge in [-0.2, -0.15) is 0 Å². The van der Waals surface area contributed by atoms with Crippen molar-refractivity contribution in [1.82, 2.24) is 40.4 Å². The number of nitrogens with one attached hydrogen (secondary N) is 4. The van der Waals surface area contributed by atoms with Crippen molar-refractivity contribution in [2.75, 3.05) is 28.3 Å². The number of imidazole rings is 2. The minimum Gasteiger partial charge on any atom is -0.453 e. The molecule has 4 N–H and O–H groups in total. The van der Waals surface area contributed by atoms with Crippen LogP contribution < -0.4 is 10.6 Å². The van der Waals surface area contributed by atoms with Gasteiger partial charge in [-0.3, -0.25) is 9.59 Å². The fraction of sp³-hybridized carbons (Fsp3) is 0.611. The first-order valence-corrected chi connectivity index (χ1v) is 18.4. The highest BCUT2D eigenvalue weighted by molar-refractivity contribution is 7.15. The molecule has 0 aromatic carbocycles. The molecule has 4 rings (SSSR count). The van der Waals surface area contributed by atoms with Gasteiger partial charge in [-0.15, -0.1) is 11.3 Å². The first kappa shape index (κ1) is 39.4. The molecule has 4 atom stereocenters. The van der Waals surface area contributed by atoms with Crippen molar-refractivity contribution in [3.05, 3.63) is 46.7 Å². The Balaban J connectivity index is 1.34. The lowest BCUT2D eigenvalue weighted by atomic mass is 9.80. The van der Waals surface area contributed by atoms with Gasteiger partial charge in [0.1, 0.15) is 23.7 Å². The molecule has 1 saturated carbocycles. The molecule has 0 spiro atoms. The second-order valence-corrected chi connectivity index (χ2v) is 15.2. The minimum atomic E-state index is -0.716. The molecule has 14 nitrogen and oxygen atoms in total. The van der Waals surface area contributed by atoms with E-state index in [1.54, 1.807) is 35.2 Å². The molecular weight excluding hydrogens is 673 g/mol. The molecule has 0 saturated heterocycles. The van der Waals surface area contributed by atoms with E-state index in [9.17, 15) is 19.2 Å². The second-order valence-electron chi connectivity index (χ2n) is 14.1. The van der Waals surface area contributed by atoms with Gasteiger partial charge in [0.15, 0.2) is 0 Å². The molecule has 1 aliphatic rings. The number of carbonyl (C=O) groups excluding carboxylic acids is 4. The van der Waals surface area contributed by atoms with Crippen LogP contribution in [0.2, 0.25) is 0 Å². The zero-order chi connectivity index (χ0) is 37.6. The maximum Gasteiger partial charge on any atom is 0.407 e. The molecule has 280 valence electrons. The van der Waals surface area contributed by atoms with Crippen molar-refractivity contribution in [1.29, 1.82) is 0 Å². The topological polar surface area (TPSA) is 175 Å². The van der Waals surface area contributed by atoms with Crippen molar-refractivity contribution in [2.45, 2.75) is 103 Å². The number of alkyl carbamates (subject to hydrolysis) is 2. The van der Waals surface area contributed by atoms with E-state index in [4.69, 9.17) is 9.47 Å². The van der Waals surface area contributed by atoms with Gasteiger partial charge in [0.2, 0.25) is 11.8 Å². The van der Waals surface area contributed by atoms with E-state index < -0.39 is 24.3 Å². The summed E-state index contributed by atoms with van der Waals surface area (Å²) in [6.07, 6.45) is 6.58.